The number of nitrogens with zero attached hydrogens (tertiary/aromatic N) is 1. The van der Waals surface area contributed by atoms with Gasteiger partial charge in [-0.25, -0.2) is 0 Å². The lowest BCUT2D eigenvalue weighted by Crippen LogP contribution is -2.22. The highest BCUT2D eigenvalue weighted by Crippen LogP contribution is 2.56. The summed E-state index contributed by atoms with van der Waals surface area (Å²) in [7, 11) is 0. The second-order valence-corrected chi connectivity index (χ2v) is 14.4. The monoisotopic (exact) mass is 651 g/mol. The van der Waals surface area contributed by atoms with E-state index in [1.54, 1.807) is 0 Å². The van der Waals surface area contributed by atoms with Crippen LogP contribution in [-0.2, 0) is 10.8 Å². The molecule has 0 radical (unpaired) electrons. The fourth-order valence-electron chi connectivity index (χ4n) is 9.25. The van der Waals surface area contributed by atoms with Crippen molar-refractivity contribution in [3.63, 3.8) is 0 Å². The van der Waals surface area contributed by atoms with Gasteiger partial charge in [-0.1, -0.05) is 158 Å². The van der Waals surface area contributed by atoms with E-state index >= 15 is 0 Å². The minimum absolute atomic E-state index is 0.241. The standard InChI is InChI=1S/C50H37N/c1-49(35-18-5-3-6-19-35)44-25-13-11-23-40(44)42-32-37(28-30-46(42)49)51(48-27-15-17-34-16-9-10-22-39(34)48)38-29-31-47-43(33-38)41-24-12-14-26-45(41)50(47,2)36-20-7-4-8-21-36/h3-33H,1-2H3. The van der Waals surface area contributed by atoms with Crippen molar-refractivity contribution in [3.8, 4) is 22.3 Å². The first-order chi connectivity index (χ1) is 25.1. The van der Waals surface area contributed by atoms with E-state index in [1.165, 1.54) is 72.1 Å². The van der Waals surface area contributed by atoms with E-state index in [-0.39, 0.29) is 10.8 Å². The SMILES string of the molecule is CC1(c2ccccc2)c2ccccc2-c2cc(N(c3ccc4c(c3)-c3ccccc3C4(C)c3ccccc3)c3cccc4ccccc34)ccc21. The van der Waals surface area contributed by atoms with Crippen LogP contribution in [0, 0.1) is 0 Å². The Morgan fingerprint density at radius 3 is 1.33 bits per heavy atom. The number of fused-ring (bicyclic) bond motifs is 7. The Morgan fingerprint density at radius 1 is 0.353 bits per heavy atom. The lowest BCUT2D eigenvalue weighted by Gasteiger charge is -2.31. The van der Waals surface area contributed by atoms with Gasteiger partial charge in [-0.15, -0.1) is 0 Å². The smallest absolute Gasteiger partial charge is 0.0540 e. The minimum Gasteiger partial charge on any atom is -0.310 e. The molecule has 51 heavy (non-hydrogen) atoms. The zero-order chi connectivity index (χ0) is 34.2. The topological polar surface area (TPSA) is 3.24 Å². The van der Waals surface area contributed by atoms with Gasteiger partial charge in [0.15, 0.2) is 0 Å². The predicted octanol–water partition coefficient (Wildman–Crippen LogP) is 13.0. The van der Waals surface area contributed by atoms with Gasteiger partial charge < -0.3 is 4.90 Å². The minimum atomic E-state index is -0.241. The molecular weight excluding hydrogens is 615 g/mol. The van der Waals surface area contributed by atoms with Crippen LogP contribution in [0.4, 0.5) is 17.1 Å². The molecule has 0 fully saturated rings. The first-order valence-corrected chi connectivity index (χ1v) is 17.9. The van der Waals surface area contributed by atoms with E-state index in [1.807, 2.05) is 0 Å². The number of benzene rings is 8. The Hall–Kier alpha value is -6.18. The average molecular weight is 652 g/mol. The summed E-state index contributed by atoms with van der Waals surface area (Å²) in [5, 5.41) is 2.45. The van der Waals surface area contributed by atoms with Crippen LogP contribution in [0.3, 0.4) is 0 Å². The molecule has 0 bridgehead atoms. The van der Waals surface area contributed by atoms with Crippen LogP contribution >= 0.6 is 0 Å². The highest BCUT2D eigenvalue weighted by molar-refractivity contribution is 6.00. The van der Waals surface area contributed by atoms with Gasteiger partial charge >= 0.3 is 0 Å². The summed E-state index contributed by atoms with van der Waals surface area (Å²) in [5.74, 6) is 0. The Labute approximate surface area is 300 Å². The van der Waals surface area contributed by atoms with Crippen molar-refractivity contribution < 1.29 is 0 Å². The van der Waals surface area contributed by atoms with Crippen LogP contribution < -0.4 is 4.90 Å². The molecule has 0 N–H and O–H groups in total. The number of rotatable bonds is 5. The molecule has 2 unspecified atom stereocenters. The Kier molecular flexibility index (Phi) is 6.51. The zero-order valence-corrected chi connectivity index (χ0v) is 28.8. The van der Waals surface area contributed by atoms with Crippen LogP contribution in [0.2, 0.25) is 0 Å². The van der Waals surface area contributed by atoms with Crippen molar-refractivity contribution in [1.82, 2.24) is 0 Å². The van der Waals surface area contributed by atoms with Gasteiger partial charge in [0.2, 0.25) is 0 Å². The van der Waals surface area contributed by atoms with Gasteiger partial charge in [0.05, 0.1) is 5.69 Å². The Bertz CT molecular complexity index is 2470. The van der Waals surface area contributed by atoms with Gasteiger partial charge in [-0.3, -0.25) is 0 Å². The summed E-state index contributed by atoms with van der Waals surface area (Å²) < 4.78 is 0. The third-order valence-electron chi connectivity index (χ3n) is 11.8. The molecule has 0 aromatic heterocycles. The van der Waals surface area contributed by atoms with Gasteiger partial charge in [0, 0.05) is 27.6 Å². The lowest BCUT2D eigenvalue weighted by molar-refractivity contribution is 0.714. The molecule has 8 aromatic carbocycles. The van der Waals surface area contributed by atoms with Crippen LogP contribution in [0.25, 0.3) is 33.0 Å². The molecule has 0 aliphatic heterocycles. The van der Waals surface area contributed by atoms with Gasteiger partial charge in [-0.2, -0.15) is 0 Å². The molecule has 1 nitrogen and oxygen atoms in total. The number of hydrogen-bond acceptors (Lipinski definition) is 1. The summed E-state index contributed by atoms with van der Waals surface area (Å²) >= 11 is 0. The molecular formula is C50H37N. The third kappa shape index (κ3) is 4.22. The second-order valence-electron chi connectivity index (χ2n) is 14.4. The van der Waals surface area contributed by atoms with E-state index in [2.05, 4.69) is 207 Å². The first kappa shape index (κ1) is 29.7. The summed E-state index contributed by atoms with van der Waals surface area (Å²) in [6.45, 7) is 4.77. The van der Waals surface area contributed by atoms with E-state index < -0.39 is 0 Å². The maximum absolute atomic E-state index is 2.48. The fraction of sp³-hybridized carbons (Fsp3) is 0.0800. The molecule has 8 aromatic rings. The molecule has 2 atom stereocenters. The molecule has 2 aliphatic rings. The van der Waals surface area contributed by atoms with Crippen LogP contribution in [-0.4, -0.2) is 0 Å². The number of hydrogen-bond donors (Lipinski definition) is 0. The van der Waals surface area contributed by atoms with Crippen LogP contribution in [0.1, 0.15) is 47.2 Å². The van der Waals surface area contributed by atoms with E-state index in [0.29, 0.717) is 0 Å². The van der Waals surface area contributed by atoms with Crippen molar-refractivity contribution >= 4 is 27.8 Å². The molecule has 0 spiro atoms. The molecule has 0 heterocycles. The fourth-order valence-corrected chi connectivity index (χ4v) is 9.25. The summed E-state index contributed by atoms with van der Waals surface area (Å²) in [6, 6.07) is 69.6. The van der Waals surface area contributed by atoms with Crippen molar-refractivity contribution in [2.24, 2.45) is 0 Å². The zero-order valence-electron chi connectivity index (χ0n) is 28.8. The Balaban J connectivity index is 1.21. The summed E-state index contributed by atoms with van der Waals surface area (Å²) in [4.78, 5) is 2.48. The van der Waals surface area contributed by atoms with Gasteiger partial charge in [0.1, 0.15) is 0 Å². The van der Waals surface area contributed by atoms with Gasteiger partial charge in [0.25, 0.3) is 0 Å². The van der Waals surface area contributed by atoms with E-state index in [9.17, 15) is 0 Å². The molecule has 10 rings (SSSR count). The predicted molar refractivity (Wildman–Crippen MR) is 213 cm³/mol. The normalized spacial score (nSPS) is 18.2. The Morgan fingerprint density at radius 2 is 0.784 bits per heavy atom. The van der Waals surface area contributed by atoms with E-state index in [0.717, 1.165) is 11.4 Å². The quantitative estimate of drug-likeness (QED) is 0.179. The van der Waals surface area contributed by atoms with Crippen molar-refractivity contribution in [3.05, 3.63) is 221 Å². The van der Waals surface area contributed by atoms with Crippen LogP contribution in [0.15, 0.2) is 188 Å². The van der Waals surface area contributed by atoms with Crippen molar-refractivity contribution in [2.45, 2.75) is 24.7 Å². The maximum atomic E-state index is 2.48. The van der Waals surface area contributed by atoms with Crippen LogP contribution in [0.5, 0.6) is 0 Å². The summed E-state index contributed by atoms with van der Waals surface area (Å²) in [6.07, 6.45) is 0. The highest BCUT2D eigenvalue weighted by Gasteiger charge is 2.42. The number of anilines is 3. The maximum Gasteiger partial charge on any atom is 0.0540 e. The average Bonchev–Trinajstić information content (AvgIpc) is 3.61. The molecule has 242 valence electrons. The molecule has 0 saturated heterocycles. The molecule has 2 aliphatic carbocycles. The highest BCUT2D eigenvalue weighted by atomic mass is 15.1. The molecule has 0 amide bonds. The van der Waals surface area contributed by atoms with E-state index in [4.69, 9.17) is 0 Å². The third-order valence-corrected chi connectivity index (χ3v) is 11.8. The first-order valence-electron chi connectivity index (χ1n) is 17.9. The lowest BCUT2D eigenvalue weighted by atomic mass is 9.74. The summed E-state index contributed by atoms with van der Waals surface area (Å²) in [5.41, 5.74) is 16.2. The largest absolute Gasteiger partial charge is 0.310 e. The van der Waals surface area contributed by atoms with Crippen molar-refractivity contribution in [1.29, 1.82) is 0 Å². The second kappa shape index (κ2) is 11.2. The van der Waals surface area contributed by atoms with Gasteiger partial charge in [-0.05, 0) is 105 Å². The van der Waals surface area contributed by atoms with Crippen molar-refractivity contribution in [2.75, 3.05) is 4.90 Å². The molecule has 1 heteroatoms. The molecule has 0 saturated carbocycles.